The number of anilines is 1. The minimum atomic E-state index is 1.13. The molecule has 0 saturated carbocycles. The molecule has 3 nitrogen and oxygen atoms in total. The van der Waals surface area contributed by atoms with Crippen LogP contribution in [0.25, 0.3) is 11.1 Å². The van der Waals surface area contributed by atoms with Gasteiger partial charge in [-0.05, 0) is 36.6 Å². The molecular formula is C20H31N3. The van der Waals surface area contributed by atoms with Crippen LogP contribution in [0.2, 0.25) is 0 Å². The number of rotatable bonds is 4. The van der Waals surface area contributed by atoms with Gasteiger partial charge in [-0.2, -0.15) is 5.10 Å². The maximum absolute atomic E-state index is 4.31. The molecule has 0 N–H and O–H groups in total. The summed E-state index contributed by atoms with van der Waals surface area (Å²) in [5.41, 5.74) is 6.56. The van der Waals surface area contributed by atoms with Crippen molar-refractivity contribution in [3.8, 4) is 11.1 Å². The Morgan fingerprint density at radius 1 is 1.09 bits per heavy atom. The lowest BCUT2D eigenvalue weighted by atomic mass is 10.0. The number of hydrogen-bond acceptors (Lipinski definition) is 2. The van der Waals surface area contributed by atoms with Crippen molar-refractivity contribution in [1.29, 1.82) is 0 Å². The second-order valence-electron chi connectivity index (χ2n) is 6.49. The van der Waals surface area contributed by atoms with E-state index in [-0.39, 0.29) is 0 Å². The zero-order valence-corrected chi connectivity index (χ0v) is 15.4. The highest BCUT2D eigenvalue weighted by atomic mass is 15.3. The van der Waals surface area contributed by atoms with Crippen LogP contribution in [-0.2, 0) is 13.5 Å². The Labute approximate surface area is 141 Å². The Morgan fingerprint density at radius 2 is 1.78 bits per heavy atom. The van der Waals surface area contributed by atoms with Crippen molar-refractivity contribution >= 4 is 5.69 Å². The van der Waals surface area contributed by atoms with Crippen molar-refractivity contribution in [1.82, 2.24) is 9.78 Å². The molecule has 1 aliphatic rings. The molecule has 0 atom stereocenters. The van der Waals surface area contributed by atoms with Gasteiger partial charge in [0.2, 0.25) is 0 Å². The molecule has 1 aromatic carbocycles. The number of benzene rings is 1. The van der Waals surface area contributed by atoms with Crippen LogP contribution in [0.15, 0.2) is 24.4 Å². The normalized spacial score (nSPS) is 12.8. The van der Waals surface area contributed by atoms with E-state index >= 15 is 0 Å². The maximum atomic E-state index is 4.31. The van der Waals surface area contributed by atoms with Crippen LogP contribution in [-0.4, -0.2) is 23.4 Å². The fourth-order valence-corrected chi connectivity index (χ4v) is 3.02. The summed E-state index contributed by atoms with van der Waals surface area (Å²) in [5, 5.41) is 4.31. The van der Waals surface area contributed by atoms with Crippen LogP contribution in [0.4, 0.5) is 5.69 Å². The van der Waals surface area contributed by atoms with E-state index in [1.807, 2.05) is 17.9 Å². The molecule has 2 aromatic rings. The molecule has 0 aliphatic carbocycles. The SMILES string of the molecule is CCCCCC.Cc1c(-c2ccc3c(c2)CCN3C)cnn1C. The first kappa shape index (κ1) is 17.6. The first-order valence-corrected chi connectivity index (χ1v) is 8.91. The van der Waals surface area contributed by atoms with Gasteiger partial charge in [-0.1, -0.05) is 45.6 Å². The molecule has 1 aromatic heterocycles. The first-order valence-electron chi connectivity index (χ1n) is 8.91. The van der Waals surface area contributed by atoms with Crippen LogP contribution in [0.1, 0.15) is 50.8 Å². The minimum absolute atomic E-state index is 1.13. The lowest BCUT2D eigenvalue weighted by Gasteiger charge is -2.12. The third-order valence-corrected chi connectivity index (χ3v) is 4.71. The van der Waals surface area contributed by atoms with Gasteiger partial charge in [0.05, 0.1) is 6.20 Å². The van der Waals surface area contributed by atoms with Gasteiger partial charge in [-0.15, -0.1) is 0 Å². The van der Waals surface area contributed by atoms with Gasteiger partial charge in [-0.25, -0.2) is 0 Å². The summed E-state index contributed by atoms with van der Waals surface area (Å²) in [6.07, 6.45) is 8.64. The number of likely N-dealkylation sites (N-methyl/N-ethyl adjacent to an activating group) is 1. The number of fused-ring (bicyclic) bond motifs is 1. The summed E-state index contributed by atoms with van der Waals surface area (Å²) in [5.74, 6) is 0. The number of aryl methyl sites for hydroxylation is 1. The number of nitrogens with zero attached hydrogens (tertiary/aromatic N) is 3. The van der Waals surface area contributed by atoms with Gasteiger partial charge in [0.1, 0.15) is 0 Å². The summed E-state index contributed by atoms with van der Waals surface area (Å²) in [6, 6.07) is 6.73. The van der Waals surface area contributed by atoms with Crippen LogP contribution in [0.3, 0.4) is 0 Å². The monoisotopic (exact) mass is 313 g/mol. The molecule has 0 saturated heterocycles. The topological polar surface area (TPSA) is 21.1 Å². The Morgan fingerprint density at radius 3 is 2.35 bits per heavy atom. The standard InChI is InChI=1S/C14H17N3.C6H14/c1-10-13(9-15-17(10)3)11-4-5-14-12(8-11)6-7-16(14)2;1-3-5-6-4-2/h4-5,8-9H,6-7H2,1-3H3;3-6H2,1-2H3. The highest BCUT2D eigenvalue weighted by molar-refractivity contribution is 5.71. The minimum Gasteiger partial charge on any atom is -0.374 e. The number of hydrogen-bond donors (Lipinski definition) is 0. The van der Waals surface area contributed by atoms with Crippen LogP contribution in [0, 0.1) is 6.92 Å². The van der Waals surface area contributed by atoms with Crippen LogP contribution >= 0.6 is 0 Å². The fourth-order valence-electron chi connectivity index (χ4n) is 3.02. The predicted octanol–water partition coefficient (Wildman–Crippen LogP) is 4.97. The van der Waals surface area contributed by atoms with Gasteiger partial charge in [0.25, 0.3) is 0 Å². The van der Waals surface area contributed by atoms with Gasteiger partial charge >= 0.3 is 0 Å². The highest BCUT2D eigenvalue weighted by Crippen LogP contribution is 2.32. The molecule has 23 heavy (non-hydrogen) atoms. The molecule has 0 radical (unpaired) electrons. The van der Waals surface area contributed by atoms with Crippen molar-refractivity contribution in [2.75, 3.05) is 18.5 Å². The van der Waals surface area contributed by atoms with Crippen molar-refractivity contribution in [3.63, 3.8) is 0 Å². The summed E-state index contributed by atoms with van der Waals surface area (Å²) in [6.45, 7) is 7.71. The first-order chi connectivity index (χ1) is 11.1. The summed E-state index contributed by atoms with van der Waals surface area (Å²) in [4.78, 5) is 2.31. The van der Waals surface area contributed by atoms with Gasteiger partial charge in [-0.3, -0.25) is 4.68 Å². The maximum Gasteiger partial charge on any atom is 0.0571 e. The molecule has 126 valence electrons. The summed E-state index contributed by atoms with van der Waals surface area (Å²) >= 11 is 0. The third kappa shape index (κ3) is 4.15. The van der Waals surface area contributed by atoms with E-state index in [9.17, 15) is 0 Å². The van der Waals surface area contributed by atoms with Gasteiger partial charge < -0.3 is 4.90 Å². The van der Waals surface area contributed by atoms with Crippen molar-refractivity contribution < 1.29 is 0 Å². The lowest BCUT2D eigenvalue weighted by Crippen LogP contribution is -2.12. The molecule has 3 heteroatoms. The molecule has 0 fully saturated rings. The second-order valence-corrected chi connectivity index (χ2v) is 6.49. The zero-order valence-electron chi connectivity index (χ0n) is 15.4. The molecule has 0 amide bonds. The van der Waals surface area contributed by atoms with Crippen molar-refractivity contribution in [2.45, 2.75) is 52.9 Å². The molecule has 0 spiro atoms. The average molecular weight is 313 g/mol. The third-order valence-electron chi connectivity index (χ3n) is 4.71. The smallest absolute Gasteiger partial charge is 0.0571 e. The van der Waals surface area contributed by atoms with E-state index in [0.717, 1.165) is 13.0 Å². The van der Waals surface area contributed by atoms with Crippen molar-refractivity contribution in [2.24, 2.45) is 7.05 Å². The largest absolute Gasteiger partial charge is 0.374 e. The Bertz CT molecular complexity index is 624. The second kappa shape index (κ2) is 8.19. The molecule has 0 unspecified atom stereocenters. The van der Waals surface area contributed by atoms with Crippen LogP contribution < -0.4 is 4.90 Å². The van der Waals surface area contributed by atoms with E-state index in [2.05, 4.69) is 56.0 Å². The molecule has 3 rings (SSSR count). The van der Waals surface area contributed by atoms with Gasteiger partial charge in [0.15, 0.2) is 0 Å². The van der Waals surface area contributed by atoms with E-state index in [1.165, 1.54) is 53.8 Å². The molecule has 1 aliphatic heterocycles. The lowest BCUT2D eigenvalue weighted by molar-refractivity contribution is 0.702. The zero-order chi connectivity index (χ0) is 16.8. The summed E-state index contributed by atoms with van der Waals surface area (Å²) < 4.78 is 1.93. The fraction of sp³-hybridized carbons (Fsp3) is 0.550. The molecule has 2 heterocycles. The Hall–Kier alpha value is -1.77. The van der Waals surface area contributed by atoms with E-state index < -0.39 is 0 Å². The predicted molar refractivity (Wildman–Crippen MR) is 100 cm³/mol. The molecule has 0 bridgehead atoms. The van der Waals surface area contributed by atoms with E-state index in [4.69, 9.17) is 0 Å². The Balaban J connectivity index is 0.000000277. The molecular weight excluding hydrogens is 282 g/mol. The quantitative estimate of drug-likeness (QED) is 0.743. The van der Waals surface area contributed by atoms with Crippen molar-refractivity contribution in [3.05, 3.63) is 35.7 Å². The number of aromatic nitrogens is 2. The average Bonchev–Trinajstić information content (AvgIpc) is 3.09. The van der Waals surface area contributed by atoms with Gasteiger partial charge in [0, 0.05) is 37.6 Å². The highest BCUT2D eigenvalue weighted by Gasteiger charge is 2.16. The van der Waals surface area contributed by atoms with Crippen LogP contribution in [0.5, 0.6) is 0 Å². The Kier molecular flexibility index (Phi) is 6.26. The summed E-state index contributed by atoms with van der Waals surface area (Å²) in [7, 11) is 4.14. The van der Waals surface area contributed by atoms with E-state index in [1.54, 1.807) is 0 Å². The van der Waals surface area contributed by atoms with E-state index in [0.29, 0.717) is 0 Å². The number of unbranched alkanes of at least 4 members (excludes halogenated alkanes) is 3.